The van der Waals surface area contributed by atoms with Crippen molar-refractivity contribution in [1.29, 1.82) is 0 Å². The van der Waals surface area contributed by atoms with E-state index in [9.17, 15) is 5.11 Å². The fraction of sp³-hybridized carbons (Fsp3) is 0.611. The Balaban J connectivity index is 0.00000288. The number of benzene rings is 1. The molecule has 6 heteroatoms. The largest absolute Gasteiger partial charge is 0.393 e. The van der Waals surface area contributed by atoms with Gasteiger partial charge in [0, 0.05) is 47.8 Å². The second-order valence-electron chi connectivity index (χ2n) is 6.68. The van der Waals surface area contributed by atoms with E-state index in [0.717, 1.165) is 38.4 Å². The number of piperidine rings is 1. The lowest BCUT2D eigenvalue weighted by molar-refractivity contribution is 0.0791. The summed E-state index contributed by atoms with van der Waals surface area (Å²) in [7, 11) is 8.07. The SMILES string of the molecule is CN(C)C(=NCc1ccccc1CN1CCC(O)CC1)N(C)C.I. The highest BCUT2D eigenvalue weighted by Crippen LogP contribution is 2.17. The van der Waals surface area contributed by atoms with E-state index in [1.807, 2.05) is 38.0 Å². The van der Waals surface area contributed by atoms with E-state index in [1.54, 1.807) is 0 Å². The normalized spacial score (nSPS) is 15.5. The predicted molar refractivity (Wildman–Crippen MR) is 111 cm³/mol. The molecular weight excluding hydrogens is 415 g/mol. The summed E-state index contributed by atoms with van der Waals surface area (Å²) in [6.07, 6.45) is 1.64. The van der Waals surface area contributed by atoms with Crippen molar-refractivity contribution in [3.63, 3.8) is 0 Å². The summed E-state index contributed by atoms with van der Waals surface area (Å²) in [6.45, 7) is 3.58. The average Bonchev–Trinajstić information content (AvgIpc) is 2.50. The Morgan fingerprint density at radius 2 is 1.62 bits per heavy atom. The molecule has 1 aromatic carbocycles. The fourth-order valence-corrected chi connectivity index (χ4v) is 3.02. The Morgan fingerprint density at radius 1 is 1.08 bits per heavy atom. The number of nitrogens with zero attached hydrogens (tertiary/aromatic N) is 4. The van der Waals surface area contributed by atoms with E-state index in [4.69, 9.17) is 4.99 Å². The molecule has 0 atom stereocenters. The van der Waals surface area contributed by atoms with E-state index < -0.39 is 0 Å². The van der Waals surface area contributed by atoms with Gasteiger partial charge in [-0.05, 0) is 24.0 Å². The molecule has 0 saturated carbocycles. The van der Waals surface area contributed by atoms with Gasteiger partial charge in [-0.2, -0.15) is 0 Å². The standard InChI is InChI=1S/C18H30N4O.HI/c1-20(2)18(21(3)4)19-13-15-7-5-6-8-16(15)14-22-11-9-17(23)10-12-22;/h5-8,17,23H,9-14H2,1-4H3;1H. The third-order valence-corrected chi connectivity index (χ3v) is 4.26. The second-order valence-corrected chi connectivity index (χ2v) is 6.68. The first-order valence-corrected chi connectivity index (χ1v) is 8.33. The number of guanidine groups is 1. The van der Waals surface area contributed by atoms with Gasteiger partial charge in [-0.15, -0.1) is 24.0 Å². The van der Waals surface area contributed by atoms with Crippen LogP contribution in [-0.4, -0.2) is 73.1 Å². The number of aliphatic imine (C=N–C) groups is 1. The number of hydrogen-bond donors (Lipinski definition) is 1. The number of rotatable bonds is 4. The number of hydrogen-bond acceptors (Lipinski definition) is 3. The summed E-state index contributed by atoms with van der Waals surface area (Å²) < 4.78 is 0. The predicted octanol–water partition coefficient (Wildman–Crippen LogP) is 2.24. The lowest BCUT2D eigenvalue weighted by Crippen LogP contribution is -2.36. The zero-order valence-electron chi connectivity index (χ0n) is 15.3. The molecule has 1 N–H and O–H groups in total. The van der Waals surface area contributed by atoms with Crippen LogP contribution in [0.4, 0.5) is 0 Å². The molecule has 0 spiro atoms. The first-order chi connectivity index (χ1) is 11.0. The van der Waals surface area contributed by atoms with Gasteiger partial charge in [-0.1, -0.05) is 24.3 Å². The Kier molecular flexibility index (Phi) is 9.01. The average molecular weight is 446 g/mol. The van der Waals surface area contributed by atoms with Gasteiger partial charge >= 0.3 is 0 Å². The van der Waals surface area contributed by atoms with Crippen LogP contribution < -0.4 is 0 Å². The molecule has 5 nitrogen and oxygen atoms in total. The van der Waals surface area contributed by atoms with Crippen LogP contribution in [0, 0.1) is 0 Å². The molecule has 1 saturated heterocycles. The van der Waals surface area contributed by atoms with Crippen LogP contribution in [0.1, 0.15) is 24.0 Å². The molecule has 0 aromatic heterocycles. The molecule has 0 amide bonds. The number of aliphatic hydroxyl groups excluding tert-OH is 1. The molecule has 24 heavy (non-hydrogen) atoms. The quantitative estimate of drug-likeness (QED) is 0.438. The van der Waals surface area contributed by atoms with Crippen molar-refractivity contribution >= 4 is 29.9 Å². The third kappa shape index (κ3) is 6.22. The van der Waals surface area contributed by atoms with Gasteiger partial charge in [0.15, 0.2) is 5.96 Å². The molecule has 136 valence electrons. The van der Waals surface area contributed by atoms with Crippen molar-refractivity contribution in [3.8, 4) is 0 Å². The van der Waals surface area contributed by atoms with Gasteiger partial charge in [0.05, 0.1) is 12.6 Å². The minimum absolute atomic E-state index is 0. The minimum atomic E-state index is -0.117. The Morgan fingerprint density at radius 3 is 2.17 bits per heavy atom. The van der Waals surface area contributed by atoms with Crippen molar-refractivity contribution < 1.29 is 5.11 Å². The van der Waals surface area contributed by atoms with Gasteiger partial charge in [0.2, 0.25) is 0 Å². The summed E-state index contributed by atoms with van der Waals surface area (Å²) in [5, 5.41) is 9.64. The Hall–Kier alpha value is -0.860. The van der Waals surface area contributed by atoms with Crippen LogP contribution in [-0.2, 0) is 13.1 Å². The highest BCUT2D eigenvalue weighted by Gasteiger charge is 2.17. The Labute approximate surface area is 163 Å². The van der Waals surface area contributed by atoms with E-state index >= 15 is 0 Å². The molecule has 1 aromatic rings. The molecular formula is C18H31IN4O. The zero-order chi connectivity index (χ0) is 16.8. The van der Waals surface area contributed by atoms with Gasteiger partial charge in [-0.25, -0.2) is 4.99 Å². The van der Waals surface area contributed by atoms with Gasteiger partial charge in [-0.3, -0.25) is 4.90 Å². The Bertz CT molecular complexity index is 516. The van der Waals surface area contributed by atoms with Gasteiger partial charge < -0.3 is 14.9 Å². The van der Waals surface area contributed by atoms with Crippen molar-refractivity contribution in [1.82, 2.24) is 14.7 Å². The number of aliphatic hydroxyl groups is 1. The van der Waals surface area contributed by atoms with Crippen molar-refractivity contribution in [2.24, 2.45) is 4.99 Å². The van der Waals surface area contributed by atoms with Crippen LogP contribution in [0.3, 0.4) is 0 Å². The van der Waals surface area contributed by atoms with E-state index in [1.165, 1.54) is 11.1 Å². The van der Waals surface area contributed by atoms with Crippen molar-refractivity contribution in [2.45, 2.75) is 32.0 Å². The highest BCUT2D eigenvalue weighted by atomic mass is 127. The smallest absolute Gasteiger partial charge is 0.195 e. The molecule has 0 unspecified atom stereocenters. The lowest BCUT2D eigenvalue weighted by Gasteiger charge is -2.30. The number of likely N-dealkylation sites (tertiary alicyclic amines) is 1. The molecule has 1 aliphatic rings. The number of halogens is 1. The zero-order valence-corrected chi connectivity index (χ0v) is 17.6. The topological polar surface area (TPSA) is 42.3 Å². The minimum Gasteiger partial charge on any atom is -0.393 e. The molecule has 0 bridgehead atoms. The first-order valence-electron chi connectivity index (χ1n) is 8.33. The lowest BCUT2D eigenvalue weighted by atomic mass is 10.0. The molecule has 0 aliphatic carbocycles. The van der Waals surface area contributed by atoms with Crippen molar-refractivity contribution in [2.75, 3.05) is 41.3 Å². The third-order valence-electron chi connectivity index (χ3n) is 4.26. The molecule has 1 aliphatic heterocycles. The highest BCUT2D eigenvalue weighted by molar-refractivity contribution is 14.0. The van der Waals surface area contributed by atoms with E-state index in [2.05, 4.69) is 29.2 Å². The monoisotopic (exact) mass is 446 g/mol. The maximum Gasteiger partial charge on any atom is 0.195 e. The summed E-state index contributed by atoms with van der Waals surface area (Å²) in [6, 6.07) is 8.54. The van der Waals surface area contributed by atoms with Crippen molar-refractivity contribution in [3.05, 3.63) is 35.4 Å². The summed E-state index contributed by atoms with van der Waals surface area (Å²) in [4.78, 5) is 11.3. The molecule has 0 radical (unpaired) electrons. The van der Waals surface area contributed by atoms with Crippen LogP contribution >= 0.6 is 24.0 Å². The molecule has 1 fully saturated rings. The second kappa shape index (κ2) is 10.2. The summed E-state index contributed by atoms with van der Waals surface area (Å²) in [5.41, 5.74) is 2.62. The fourth-order valence-electron chi connectivity index (χ4n) is 3.02. The first kappa shape index (κ1) is 21.2. The maximum atomic E-state index is 9.64. The maximum absolute atomic E-state index is 9.64. The molecule has 1 heterocycles. The summed E-state index contributed by atoms with van der Waals surface area (Å²) >= 11 is 0. The van der Waals surface area contributed by atoms with Crippen LogP contribution in [0.25, 0.3) is 0 Å². The van der Waals surface area contributed by atoms with E-state index in [-0.39, 0.29) is 30.1 Å². The van der Waals surface area contributed by atoms with Crippen LogP contribution in [0.15, 0.2) is 29.3 Å². The van der Waals surface area contributed by atoms with Crippen LogP contribution in [0.2, 0.25) is 0 Å². The summed E-state index contributed by atoms with van der Waals surface area (Å²) in [5.74, 6) is 0.973. The molecule has 2 rings (SSSR count). The van der Waals surface area contributed by atoms with E-state index in [0.29, 0.717) is 6.54 Å². The van der Waals surface area contributed by atoms with Gasteiger partial charge in [0.1, 0.15) is 0 Å². The van der Waals surface area contributed by atoms with Gasteiger partial charge in [0.25, 0.3) is 0 Å². The van der Waals surface area contributed by atoms with Crippen LogP contribution in [0.5, 0.6) is 0 Å².